The lowest BCUT2D eigenvalue weighted by Crippen LogP contribution is -2.04. The average molecular weight is 1000 g/mol. The van der Waals surface area contributed by atoms with Crippen molar-refractivity contribution < 1.29 is 8.83 Å². The average Bonchev–Trinajstić information content (AvgIpc) is 4.52. The maximum Gasteiger partial charge on any atom is 0.145 e. The quantitative estimate of drug-likeness (QED) is 0.176. The summed E-state index contributed by atoms with van der Waals surface area (Å²) in [5.41, 5.74) is 13.1. The molecule has 8 heteroatoms. The van der Waals surface area contributed by atoms with Crippen LogP contribution in [0.5, 0.6) is 0 Å². The number of hydrogen-bond acceptors (Lipinski definition) is 6. The number of rotatable bonds is 4. The summed E-state index contributed by atoms with van der Waals surface area (Å²) in [6, 6.07) is 77.6. The molecule has 350 valence electrons. The van der Waals surface area contributed by atoms with Gasteiger partial charge < -0.3 is 18.0 Å². The van der Waals surface area contributed by atoms with Crippen molar-refractivity contribution in [2.45, 2.75) is 0 Å². The van der Waals surface area contributed by atoms with Crippen LogP contribution in [0.1, 0.15) is 11.1 Å². The number of hydrogen-bond donors (Lipinski definition) is 0. The molecular weight excluding hydrogens is 969 g/mol. The van der Waals surface area contributed by atoms with E-state index in [1.807, 2.05) is 71.2 Å². The molecule has 0 atom stereocenters. The summed E-state index contributed by atoms with van der Waals surface area (Å²) in [7, 11) is 0. The van der Waals surface area contributed by atoms with Gasteiger partial charge in [0.15, 0.2) is 0 Å². The van der Waals surface area contributed by atoms with Gasteiger partial charge >= 0.3 is 0 Å². The Kier molecular flexibility index (Phi) is 8.36. The van der Waals surface area contributed by atoms with E-state index >= 15 is 0 Å². The molecule has 6 heterocycles. The normalized spacial score (nSPS) is 12.2. The molecule has 0 fully saturated rings. The molecule has 0 saturated heterocycles. The predicted octanol–water partition coefficient (Wildman–Crippen LogP) is 19.5. The molecule has 0 unspecified atom stereocenters. The van der Waals surface area contributed by atoms with Gasteiger partial charge in [0.1, 0.15) is 34.5 Å². The zero-order valence-electron chi connectivity index (χ0n) is 40.1. The molecular formula is C68H34N4O2S2. The third-order valence-electron chi connectivity index (χ3n) is 15.8. The summed E-state index contributed by atoms with van der Waals surface area (Å²) < 4.78 is 22.9. The Morgan fingerprint density at radius 2 is 0.684 bits per heavy atom. The highest BCUT2D eigenvalue weighted by molar-refractivity contribution is 7.26. The Bertz CT molecular complexity index is 5180. The zero-order valence-corrected chi connectivity index (χ0v) is 41.7. The van der Waals surface area contributed by atoms with Crippen LogP contribution in [0.2, 0.25) is 0 Å². The first-order valence-electron chi connectivity index (χ1n) is 25.2. The number of thiophene rings is 2. The zero-order chi connectivity index (χ0) is 49.9. The molecule has 6 nitrogen and oxygen atoms in total. The monoisotopic (exact) mass is 1000 g/mol. The summed E-state index contributed by atoms with van der Waals surface area (Å²) in [4.78, 5) is 0. The summed E-state index contributed by atoms with van der Waals surface area (Å²) in [5, 5.41) is 35.7. The van der Waals surface area contributed by atoms with Crippen molar-refractivity contribution in [1.29, 1.82) is 10.5 Å². The van der Waals surface area contributed by atoms with Crippen LogP contribution in [-0.2, 0) is 0 Å². The minimum absolute atomic E-state index is 0.420. The topological polar surface area (TPSA) is 83.7 Å². The van der Waals surface area contributed by atoms with Crippen LogP contribution >= 0.6 is 22.7 Å². The Labute approximate surface area is 439 Å². The van der Waals surface area contributed by atoms with E-state index in [0.29, 0.717) is 22.5 Å². The smallest absolute Gasteiger partial charge is 0.145 e. The van der Waals surface area contributed by atoms with Crippen molar-refractivity contribution in [3.63, 3.8) is 0 Å². The third kappa shape index (κ3) is 5.66. The lowest BCUT2D eigenvalue weighted by atomic mass is 10.00. The van der Waals surface area contributed by atoms with Crippen molar-refractivity contribution in [1.82, 2.24) is 9.13 Å². The number of nitrogens with zero attached hydrogens (tertiary/aromatic N) is 4. The summed E-state index contributed by atoms with van der Waals surface area (Å²) in [6.07, 6.45) is 0. The van der Waals surface area contributed by atoms with Crippen LogP contribution in [0.25, 0.3) is 161 Å². The molecule has 11 aromatic carbocycles. The molecule has 0 spiro atoms. The second kappa shape index (κ2) is 15.3. The van der Waals surface area contributed by atoms with Crippen molar-refractivity contribution in [3.8, 4) is 45.8 Å². The van der Waals surface area contributed by atoms with E-state index in [2.05, 4.69) is 179 Å². The van der Waals surface area contributed by atoms with Crippen molar-refractivity contribution >= 4 is 151 Å². The molecule has 0 radical (unpaired) electrons. The molecule has 0 aliphatic rings. The molecule has 0 aliphatic heterocycles. The Balaban J connectivity index is 0.906. The molecule has 0 N–H and O–H groups in total. The lowest BCUT2D eigenvalue weighted by molar-refractivity contribution is 0.672. The molecule has 0 saturated carbocycles. The van der Waals surface area contributed by atoms with E-state index in [0.717, 1.165) is 110 Å². The van der Waals surface area contributed by atoms with Gasteiger partial charge in [-0.15, -0.1) is 22.7 Å². The first kappa shape index (κ1) is 41.5. The molecule has 76 heavy (non-hydrogen) atoms. The van der Waals surface area contributed by atoms with Crippen molar-refractivity contribution in [3.05, 3.63) is 217 Å². The minimum atomic E-state index is 0.420. The fraction of sp³-hybridized carbons (Fsp3) is 0. The first-order valence-corrected chi connectivity index (χ1v) is 26.8. The fourth-order valence-corrected chi connectivity index (χ4v) is 14.6. The van der Waals surface area contributed by atoms with E-state index in [1.165, 1.54) is 40.3 Å². The second-order valence-corrected chi connectivity index (χ2v) is 21.9. The summed E-state index contributed by atoms with van der Waals surface area (Å²) in [5.74, 6) is 0. The van der Waals surface area contributed by atoms with Gasteiger partial charge in [0.05, 0.1) is 55.3 Å². The van der Waals surface area contributed by atoms with E-state index < -0.39 is 0 Å². The summed E-state index contributed by atoms with van der Waals surface area (Å²) >= 11 is 3.62. The number of furan rings is 2. The van der Waals surface area contributed by atoms with E-state index in [9.17, 15) is 10.5 Å². The maximum atomic E-state index is 11.4. The lowest BCUT2D eigenvalue weighted by Gasteiger charge is -2.16. The van der Waals surface area contributed by atoms with Crippen molar-refractivity contribution in [2.24, 2.45) is 0 Å². The Morgan fingerprint density at radius 3 is 1.13 bits per heavy atom. The van der Waals surface area contributed by atoms with Gasteiger partial charge in [-0.1, -0.05) is 97.1 Å². The third-order valence-corrected chi connectivity index (χ3v) is 18.1. The molecule has 17 aromatic rings. The predicted molar refractivity (Wildman–Crippen MR) is 316 cm³/mol. The number of aromatic nitrogens is 2. The maximum absolute atomic E-state index is 11.4. The van der Waals surface area contributed by atoms with Gasteiger partial charge in [-0.05, 0) is 131 Å². The van der Waals surface area contributed by atoms with Crippen LogP contribution in [-0.4, -0.2) is 9.13 Å². The van der Waals surface area contributed by atoms with Gasteiger partial charge in [0.25, 0.3) is 0 Å². The number of fused-ring (bicyclic) bond motifs is 20. The highest BCUT2D eigenvalue weighted by Gasteiger charge is 2.26. The number of para-hydroxylation sites is 2. The van der Waals surface area contributed by atoms with Crippen LogP contribution in [0, 0.1) is 22.7 Å². The SMILES string of the molecule is N#Cc1cc(-n2c3ccc(-c4ccc5sc6ccccc6c5c4)cc3c3c4oc5ccccc5c4ccc32)c(C#N)cc1-n1c2ccc(-c3ccc4sc5ccccc5c4c3)cc2c2c3oc4ccccc4c3ccc21. The van der Waals surface area contributed by atoms with E-state index in [-0.39, 0.29) is 0 Å². The fourth-order valence-electron chi connectivity index (χ4n) is 12.4. The highest BCUT2D eigenvalue weighted by atomic mass is 32.1. The second-order valence-electron chi connectivity index (χ2n) is 19.7. The first-order chi connectivity index (χ1) is 37.6. The Hall–Kier alpha value is -9.96. The van der Waals surface area contributed by atoms with Crippen LogP contribution in [0.15, 0.2) is 215 Å². The standard InChI is InChI=1S/C68H34N4O2S2/c69-35-41-34-58(72-54-24-18-38(40-20-28-64-50(30-40)46-12-4-8-16-62(46)76-64)32-52(54)66-56(72)26-22-48-44-10-2-6-14-60(44)74-68(48)66)42(36-70)33-57(41)71-53-23-17-37(39-19-27-63-49(29-39)45-11-3-7-15-61(45)75-63)31-51(53)65-55(71)25-21-47-43-9-1-5-13-59(43)73-67(47)65/h1-34H. The Morgan fingerprint density at radius 1 is 0.316 bits per heavy atom. The largest absolute Gasteiger partial charge is 0.455 e. The summed E-state index contributed by atoms with van der Waals surface area (Å²) in [6.45, 7) is 0. The van der Waals surface area contributed by atoms with Gasteiger partial charge in [-0.3, -0.25) is 0 Å². The van der Waals surface area contributed by atoms with Crippen LogP contribution in [0.3, 0.4) is 0 Å². The van der Waals surface area contributed by atoms with Gasteiger partial charge in [-0.25, -0.2) is 0 Å². The molecule has 0 bridgehead atoms. The van der Waals surface area contributed by atoms with E-state index in [4.69, 9.17) is 8.83 Å². The molecule has 6 aromatic heterocycles. The van der Waals surface area contributed by atoms with Gasteiger partial charge in [0.2, 0.25) is 0 Å². The van der Waals surface area contributed by atoms with Gasteiger partial charge in [0, 0.05) is 72.7 Å². The number of benzene rings is 11. The minimum Gasteiger partial charge on any atom is -0.455 e. The highest BCUT2D eigenvalue weighted by Crippen LogP contribution is 2.47. The van der Waals surface area contributed by atoms with Crippen LogP contribution in [0.4, 0.5) is 0 Å². The molecule has 0 aliphatic carbocycles. The van der Waals surface area contributed by atoms with Gasteiger partial charge in [-0.2, -0.15) is 10.5 Å². The number of nitriles is 2. The molecule has 0 amide bonds. The van der Waals surface area contributed by atoms with Crippen LogP contribution < -0.4 is 0 Å². The van der Waals surface area contributed by atoms with E-state index in [1.54, 1.807) is 0 Å². The van der Waals surface area contributed by atoms with Crippen molar-refractivity contribution in [2.75, 3.05) is 0 Å². The molecule has 17 rings (SSSR count).